The summed E-state index contributed by atoms with van der Waals surface area (Å²) >= 11 is 0. The van der Waals surface area contributed by atoms with Crippen molar-refractivity contribution in [3.05, 3.63) is 42.0 Å². The van der Waals surface area contributed by atoms with Crippen LogP contribution in [-0.2, 0) is 6.61 Å². The molecular formula is C13H15N3O3. The van der Waals surface area contributed by atoms with Crippen LogP contribution in [0.2, 0.25) is 0 Å². The molecule has 2 heterocycles. The number of β-amino-alcohol motifs (C(OH)–C–C–N with tert-alkyl or cyclic N) is 1. The van der Waals surface area contributed by atoms with Crippen molar-refractivity contribution in [2.75, 3.05) is 6.54 Å². The Morgan fingerprint density at radius 2 is 2.21 bits per heavy atom. The third-order valence-corrected chi connectivity index (χ3v) is 3.00. The Hall–Kier alpha value is -1.92. The molecule has 1 aromatic carbocycles. The monoisotopic (exact) mass is 261 g/mol. The third kappa shape index (κ3) is 2.91. The Kier molecular flexibility index (Phi) is 3.43. The van der Waals surface area contributed by atoms with Crippen LogP contribution in [0, 0.1) is 0 Å². The molecule has 0 bridgehead atoms. The molecule has 0 radical (unpaired) electrons. The zero-order chi connectivity index (χ0) is 13.1. The third-order valence-electron chi connectivity index (χ3n) is 3.00. The van der Waals surface area contributed by atoms with Gasteiger partial charge in [0.2, 0.25) is 11.7 Å². The molecule has 1 aliphatic rings. The molecule has 6 heteroatoms. The molecule has 2 atom stereocenters. The van der Waals surface area contributed by atoms with Crippen LogP contribution in [0.4, 0.5) is 0 Å². The lowest BCUT2D eigenvalue weighted by Gasteiger charge is -2.02. The summed E-state index contributed by atoms with van der Waals surface area (Å²) in [6.45, 7) is 0.825. The normalized spacial score (nSPS) is 22.6. The molecule has 1 saturated heterocycles. The lowest BCUT2D eigenvalue weighted by Crippen LogP contribution is -2.15. The van der Waals surface area contributed by atoms with Gasteiger partial charge < -0.3 is 19.7 Å². The van der Waals surface area contributed by atoms with E-state index in [4.69, 9.17) is 9.26 Å². The Morgan fingerprint density at radius 3 is 2.95 bits per heavy atom. The minimum Gasteiger partial charge on any atom is -0.485 e. The quantitative estimate of drug-likeness (QED) is 0.856. The molecule has 0 aliphatic carbocycles. The molecule has 19 heavy (non-hydrogen) atoms. The van der Waals surface area contributed by atoms with E-state index < -0.39 is 0 Å². The highest BCUT2D eigenvalue weighted by Crippen LogP contribution is 2.21. The summed E-state index contributed by atoms with van der Waals surface area (Å²) in [7, 11) is 0. The number of hydrogen-bond acceptors (Lipinski definition) is 6. The van der Waals surface area contributed by atoms with Crippen LogP contribution in [0.1, 0.15) is 24.2 Å². The molecule has 0 unspecified atom stereocenters. The topological polar surface area (TPSA) is 80.4 Å². The maximum absolute atomic E-state index is 9.44. The van der Waals surface area contributed by atoms with E-state index in [-0.39, 0.29) is 18.8 Å². The fourth-order valence-electron chi connectivity index (χ4n) is 2.04. The van der Waals surface area contributed by atoms with Crippen LogP contribution in [0.5, 0.6) is 5.75 Å². The highest BCUT2D eigenvalue weighted by molar-refractivity contribution is 5.20. The van der Waals surface area contributed by atoms with Crippen molar-refractivity contribution < 1.29 is 14.4 Å². The molecule has 0 saturated carbocycles. The van der Waals surface area contributed by atoms with E-state index in [1.165, 1.54) is 0 Å². The molecule has 2 N–H and O–H groups in total. The van der Waals surface area contributed by atoms with Crippen molar-refractivity contribution >= 4 is 0 Å². The number of nitrogens with zero attached hydrogens (tertiary/aromatic N) is 2. The maximum atomic E-state index is 9.44. The molecule has 0 spiro atoms. The molecule has 100 valence electrons. The average molecular weight is 261 g/mol. The van der Waals surface area contributed by atoms with Gasteiger partial charge in [0.1, 0.15) is 5.75 Å². The van der Waals surface area contributed by atoms with Gasteiger partial charge in [-0.3, -0.25) is 0 Å². The highest BCUT2D eigenvalue weighted by atomic mass is 16.5. The van der Waals surface area contributed by atoms with E-state index in [0.717, 1.165) is 5.75 Å². The zero-order valence-corrected chi connectivity index (χ0v) is 10.3. The predicted octanol–water partition coefficient (Wildman–Crippen LogP) is 1.04. The predicted molar refractivity (Wildman–Crippen MR) is 66.4 cm³/mol. The van der Waals surface area contributed by atoms with E-state index in [1.54, 1.807) is 0 Å². The largest absolute Gasteiger partial charge is 0.485 e. The molecule has 3 rings (SSSR count). The first kappa shape index (κ1) is 12.1. The van der Waals surface area contributed by atoms with Crippen molar-refractivity contribution in [1.29, 1.82) is 0 Å². The summed E-state index contributed by atoms with van der Waals surface area (Å²) in [6.07, 6.45) is 0.252. The van der Waals surface area contributed by atoms with Crippen LogP contribution in [0.3, 0.4) is 0 Å². The number of aliphatic hydroxyl groups excluding tert-OH is 1. The number of hydrogen-bond donors (Lipinski definition) is 2. The Bertz CT molecular complexity index is 529. The summed E-state index contributed by atoms with van der Waals surface area (Å²) < 4.78 is 10.7. The van der Waals surface area contributed by atoms with E-state index >= 15 is 0 Å². The highest BCUT2D eigenvalue weighted by Gasteiger charge is 2.28. The molecule has 6 nitrogen and oxygen atoms in total. The molecule has 1 aromatic heterocycles. The van der Waals surface area contributed by atoms with Crippen molar-refractivity contribution in [3.8, 4) is 5.75 Å². The minimum atomic E-state index is -0.346. The van der Waals surface area contributed by atoms with Crippen LogP contribution >= 0.6 is 0 Å². The van der Waals surface area contributed by atoms with Gasteiger partial charge in [-0.1, -0.05) is 23.4 Å². The molecule has 1 aliphatic heterocycles. The first-order valence-electron chi connectivity index (χ1n) is 6.23. The van der Waals surface area contributed by atoms with Crippen LogP contribution in [-0.4, -0.2) is 27.9 Å². The van der Waals surface area contributed by atoms with Gasteiger partial charge in [0, 0.05) is 6.54 Å². The summed E-state index contributed by atoms with van der Waals surface area (Å²) in [5.41, 5.74) is 0. The molecular weight excluding hydrogens is 246 g/mol. The number of ether oxygens (including phenoxy) is 1. The number of aliphatic hydroxyl groups is 1. The average Bonchev–Trinajstić information content (AvgIpc) is 3.06. The molecule has 2 aromatic rings. The smallest absolute Gasteiger partial charge is 0.244 e. The number of benzene rings is 1. The first-order valence-corrected chi connectivity index (χ1v) is 6.23. The van der Waals surface area contributed by atoms with Crippen molar-refractivity contribution in [3.63, 3.8) is 0 Å². The summed E-state index contributed by atoms with van der Waals surface area (Å²) in [5, 5.41) is 16.4. The number of rotatable bonds is 4. The standard InChI is InChI=1S/C13H15N3O3/c17-9-6-11(14-7-9)13-15-12(16-19-13)8-18-10-4-2-1-3-5-10/h1-5,9,11,14,17H,6-8H2/t9-,11+/m1/s1. The van der Waals surface area contributed by atoms with Gasteiger partial charge >= 0.3 is 0 Å². The van der Waals surface area contributed by atoms with Gasteiger partial charge in [-0.2, -0.15) is 4.98 Å². The summed E-state index contributed by atoms with van der Waals surface area (Å²) in [6, 6.07) is 9.41. The van der Waals surface area contributed by atoms with E-state index in [2.05, 4.69) is 15.5 Å². The van der Waals surface area contributed by atoms with Crippen molar-refractivity contribution in [1.82, 2.24) is 15.5 Å². The van der Waals surface area contributed by atoms with Gasteiger partial charge in [-0.25, -0.2) is 0 Å². The van der Waals surface area contributed by atoms with Gasteiger partial charge in [0.25, 0.3) is 0 Å². The number of nitrogens with one attached hydrogen (secondary N) is 1. The number of aromatic nitrogens is 2. The minimum absolute atomic E-state index is 0.0621. The van der Waals surface area contributed by atoms with E-state index in [0.29, 0.717) is 24.7 Å². The number of para-hydroxylation sites is 1. The van der Waals surface area contributed by atoms with Crippen LogP contribution in [0.15, 0.2) is 34.9 Å². The summed E-state index contributed by atoms with van der Waals surface area (Å²) in [5.74, 6) is 1.77. The first-order chi connectivity index (χ1) is 9.31. The van der Waals surface area contributed by atoms with Crippen LogP contribution in [0.25, 0.3) is 0 Å². The van der Waals surface area contributed by atoms with E-state index in [1.807, 2.05) is 30.3 Å². The fourth-order valence-corrected chi connectivity index (χ4v) is 2.04. The summed E-state index contributed by atoms with van der Waals surface area (Å²) in [4.78, 5) is 4.27. The Labute approximate surface area is 110 Å². The SMILES string of the molecule is O[C@H]1CN[C@H](c2nc(COc3ccccc3)no2)C1. The Morgan fingerprint density at radius 1 is 1.37 bits per heavy atom. The van der Waals surface area contributed by atoms with Gasteiger partial charge in [-0.05, 0) is 18.6 Å². The van der Waals surface area contributed by atoms with Gasteiger partial charge in [0.15, 0.2) is 6.61 Å². The second kappa shape index (κ2) is 5.38. The fraction of sp³-hybridized carbons (Fsp3) is 0.385. The Balaban J connectivity index is 1.59. The lowest BCUT2D eigenvalue weighted by molar-refractivity contribution is 0.191. The molecule has 0 amide bonds. The van der Waals surface area contributed by atoms with Crippen LogP contribution < -0.4 is 10.1 Å². The van der Waals surface area contributed by atoms with Crippen molar-refractivity contribution in [2.45, 2.75) is 25.2 Å². The van der Waals surface area contributed by atoms with E-state index in [9.17, 15) is 5.11 Å². The second-order valence-electron chi connectivity index (χ2n) is 4.50. The second-order valence-corrected chi connectivity index (χ2v) is 4.50. The maximum Gasteiger partial charge on any atom is 0.244 e. The van der Waals surface area contributed by atoms with Gasteiger partial charge in [0.05, 0.1) is 12.1 Å². The molecule has 1 fully saturated rings. The van der Waals surface area contributed by atoms with Crippen molar-refractivity contribution in [2.24, 2.45) is 0 Å². The van der Waals surface area contributed by atoms with Gasteiger partial charge in [-0.15, -0.1) is 0 Å². The zero-order valence-electron chi connectivity index (χ0n) is 10.3. The lowest BCUT2D eigenvalue weighted by atomic mass is 10.2.